The van der Waals surface area contributed by atoms with Gasteiger partial charge in [0, 0.05) is 5.56 Å². The van der Waals surface area contributed by atoms with Crippen LogP contribution in [0.15, 0.2) is 24.3 Å². The minimum atomic E-state index is -3.03. The summed E-state index contributed by atoms with van der Waals surface area (Å²) in [6, 6.07) is 7.18. The molecule has 0 bridgehead atoms. The molecule has 1 N–H and O–H groups in total. The molecule has 19 heavy (non-hydrogen) atoms. The molecule has 0 saturated carbocycles. The summed E-state index contributed by atoms with van der Waals surface area (Å²) >= 11 is 0. The van der Waals surface area contributed by atoms with Gasteiger partial charge >= 0.3 is 0 Å². The third-order valence-corrected chi connectivity index (χ3v) is 4.65. The van der Waals surface area contributed by atoms with Crippen LogP contribution in [-0.2, 0) is 9.84 Å². The molecule has 1 rings (SSSR count). The van der Waals surface area contributed by atoms with Crippen LogP contribution in [0.3, 0.4) is 0 Å². The molecule has 0 unspecified atom stereocenters. The second-order valence-corrected chi connectivity index (χ2v) is 6.77. The third-order valence-electron chi connectivity index (χ3n) is 2.83. The van der Waals surface area contributed by atoms with Crippen LogP contribution in [0.5, 0.6) is 5.75 Å². The van der Waals surface area contributed by atoms with Gasteiger partial charge in [0.05, 0.1) is 17.6 Å². The number of ether oxygens (including phenoxy) is 1. The highest BCUT2D eigenvalue weighted by Crippen LogP contribution is 2.26. The van der Waals surface area contributed by atoms with E-state index in [1.165, 1.54) is 0 Å². The second kappa shape index (κ2) is 7.50. The highest BCUT2D eigenvalue weighted by atomic mass is 32.2. The Labute approximate surface area is 115 Å². The van der Waals surface area contributed by atoms with Gasteiger partial charge in [-0.15, -0.1) is 0 Å². The normalized spacial score (nSPS) is 13.2. The zero-order chi connectivity index (χ0) is 14.3. The van der Waals surface area contributed by atoms with E-state index in [-0.39, 0.29) is 18.1 Å². The van der Waals surface area contributed by atoms with Crippen LogP contribution in [0.25, 0.3) is 0 Å². The van der Waals surface area contributed by atoms with Crippen molar-refractivity contribution < 1.29 is 18.3 Å². The fourth-order valence-electron chi connectivity index (χ4n) is 1.80. The lowest BCUT2D eigenvalue weighted by molar-refractivity contribution is 0.168. The molecule has 0 aliphatic heterocycles. The maximum atomic E-state index is 11.6. The predicted octanol–water partition coefficient (Wildman–Crippen LogP) is 2.33. The van der Waals surface area contributed by atoms with Crippen LogP contribution >= 0.6 is 0 Å². The van der Waals surface area contributed by atoms with Crippen LogP contribution in [0, 0.1) is 0 Å². The van der Waals surface area contributed by atoms with Crippen LogP contribution in [0.1, 0.15) is 38.4 Å². The Morgan fingerprint density at radius 2 is 1.89 bits per heavy atom. The average Bonchev–Trinajstić information content (AvgIpc) is 2.38. The third kappa shape index (κ3) is 5.20. The number of rotatable bonds is 8. The van der Waals surface area contributed by atoms with E-state index in [4.69, 9.17) is 4.74 Å². The number of para-hydroxylation sites is 1. The molecule has 0 aliphatic carbocycles. The quantitative estimate of drug-likeness (QED) is 0.796. The van der Waals surface area contributed by atoms with Crippen LogP contribution in [-0.4, -0.2) is 31.6 Å². The van der Waals surface area contributed by atoms with E-state index < -0.39 is 15.9 Å². The lowest BCUT2D eigenvalue weighted by Crippen LogP contribution is -2.17. The number of hydrogen-bond acceptors (Lipinski definition) is 4. The predicted molar refractivity (Wildman–Crippen MR) is 76.1 cm³/mol. The Morgan fingerprint density at radius 3 is 2.53 bits per heavy atom. The Morgan fingerprint density at radius 1 is 1.21 bits per heavy atom. The second-order valence-electron chi connectivity index (χ2n) is 4.46. The number of benzene rings is 1. The first kappa shape index (κ1) is 16.0. The first-order valence-corrected chi connectivity index (χ1v) is 8.42. The Kier molecular flexibility index (Phi) is 6.31. The summed E-state index contributed by atoms with van der Waals surface area (Å²) in [5, 5.41) is 9.86. The van der Waals surface area contributed by atoms with Crippen molar-refractivity contribution >= 4 is 9.84 Å². The number of aliphatic hydroxyl groups excluding tert-OH is 1. The van der Waals surface area contributed by atoms with Crippen molar-refractivity contribution in [2.24, 2.45) is 0 Å². The van der Waals surface area contributed by atoms with E-state index in [0.717, 1.165) is 0 Å². The number of aliphatic hydroxyl groups is 1. The lowest BCUT2D eigenvalue weighted by atomic mass is 10.1. The maximum absolute atomic E-state index is 11.6. The molecule has 0 aromatic heterocycles. The van der Waals surface area contributed by atoms with Crippen molar-refractivity contribution in [2.45, 2.75) is 32.8 Å². The van der Waals surface area contributed by atoms with E-state index in [0.29, 0.717) is 24.2 Å². The fraction of sp³-hybridized carbons (Fsp3) is 0.571. The smallest absolute Gasteiger partial charge is 0.153 e. The zero-order valence-corrected chi connectivity index (χ0v) is 12.3. The summed E-state index contributed by atoms with van der Waals surface area (Å²) in [4.78, 5) is 0. The van der Waals surface area contributed by atoms with Gasteiger partial charge in [-0.1, -0.05) is 32.0 Å². The first-order chi connectivity index (χ1) is 9.00. The molecule has 5 heteroatoms. The van der Waals surface area contributed by atoms with Crippen molar-refractivity contribution in [2.75, 3.05) is 18.1 Å². The molecular weight excluding hydrogens is 264 g/mol. The highest BCUT2D eigenvalue weighted by molar-refractivity contribution is 7.91. The summed E-state index contributed by atoms with van der Waals surface area (Å²) in [5.74, 6) is 0.760. The van der Waals surface area contributed by atoms with E-state index in [1.807, 2.05) is 26.0 Å². The molecule has 1 aromatic carbocycles. The van der Waals surface area contributed by atoms with Gasteiger partial charge in [-0.3, -0.25) is 0 Å². The molecule has 0 aliphatic rings. The van der Waals surface area contributed by atoms with Gasteiger partial charge in [0.1, 0.15) is 12.4 Å². The topological polar surface area (TPSA) is 63.6 Å². The summed E-state index contributed by atoms with van der Waals surface area (Å²) < 4.78 is 28.6. The van der Waals surface area contributed by atoms with Crippen LogP contribution < -0.4 is 4.74 Å². The number of hydrogen-bond donors (Lipinski definition) is 1. The Hall–Kier alpha value is -1.07. The first-order valence-electron chi connectivity index (χ1n) is 6.60. The van der Waals surface area contributed by atoms with Gasteiger partial charge < -0.3 is 9.84 Å². The molecule has 0 fully saturated rings. The van der Waals surface area contributed by atoms with Gasteiger partial charge in [-0.2, -0.15) is 0 Å². The van der Waals surface area contributed by atoms with Crippen molar-refractivity contribution in [3.63, 3.8) is 0 Å². The zero-order valence-electron chi connectivity index (χ0n) is 11.5. The van der Waals surface area contributed by atoms with Gasteiger partial charge in [-0.25, -0.2) is 8.42 Å². The number of sulfone groups is 1. The van der Waals surface area contributed by atoms with Crippen molar-refractivity contribution in [1.29, 1.82) is 0 Å². The van der Waals surface area contributed by atoms with E-state index in [9.17, 15) is 13.5 Å². The van der Waals surface area contributed by atoms with E-state index in [2.05, 4.69) is 0 Å². The van der Waals surface area contributed by atoms with Crippen molar-refractivity contribution in [3.05, 3.63) is 29.8 Å². The monoisotopic (exact) mass is 286 g/mol. The standard InChI is InChI=1S/C14H22O4S/c1-3-10-19(16,17)11-9-18-14-8-6-5-7-12(14)13(15)4-2/h5-8,13,15H,3-4,9-11H2,1-2H3/t13-/m1/s1. The molecule has 0 saturated heterocycles. The minimum Gasteiger partial charge on any atom is -0.492 e. The van der Waals surface area contributed by atoms with Crippen LogP contribution in [0.2, 0.25) is 0 Å². The van der Waals surface area contributed by atoms with E-state index >= 15 is 0 Å². The molecule has 0 amide bonds. The van der Waals surface area contributed by atoms with E-state index in [1.54, 1.807) is 12.1 Å². The summed E-state index contributed by atoms with van der Waals surface area (Å²) in [6.45, 7) is 3.84. The maximum Gasteiger partial charge on any atom is 0.153 e. The van der Waals surface area contributed by atoms with Gasteiger partial charge in [-0.05, 0) is 18.9 Å². The summed E-state index contributed by atoms with van der Waals surface area (Å²) in [5.41, 5.74) is 0.706. The molecule has 4 nitrogen and oxygen atoms in total. The molecule has 0 radical (unpaired) electrons. The molecule has 1 atom stereocenters. The Balaban J connectivity index is 2.63. The van der Waals surface area contributed by atoms with Gasteiger partial charge in [0.25, 0.3) is 0 Å². The average molecular weight is 286 g/mol. The van der Waals surface area contributed by atoms with Gasteiger partial charge in [0.15, 0.2) is 9.84 Å². The van der Waals surface area contributed by atoms with Crippen molar-refractivity contribution in [1.82, 2.24) is 0 Å². The SMILES string of the molecule is CCCS(=O)(=O)CCOc1ccccc1[C@H](O)CC. The minimum absolute atomic E-state index is 0.0113. The summed E-state index contributed by atoms with van der Waals surface area (Å²) in [6.07, 6.45) is 0.630. The molecular formula is C14H22O4S. The molecule has 108 valence electrons. The van der Waals surface area contributed by atoms with Crippen molar-refractivity contribution in [3.8, 4) is 5.75 Å². The van der Waals surface area contributed by atoms with Crippen LogP contribution in [0.4, 0.5) is 0 Å². The highest BCUT2D eigenvalue weighted by Gasteiger charge is 2.13. The molecule has 1 aromatic rings. The van der Waals surface area contributed by atoms with Gasteiger partial charge in [0.2, 0.25) is 0 Å². The molecule has 0 spiro atoms. The lowest BCUT2D eigenvalue weighted by Gasteiger charge is -2.14. The largest absolute Gasteiger partial charge is 0.492 e. The summed E-state index contributed by atoms with van der Waals surface area (Å²) in [7, 11) is -3.03. The fourth-order valence-corrected chi connectivity index (χ4v) is 2.96. The molecule has 0 heterocycles. The Bertz CT molecular complexity index is 482.